The lowest BCUT2D eigenvalue weighted by Crippen LogP contribution is -2.30. The molecule has 140 valence electrons. The predicted molar refractivity (Wildman–Crippen MR) is 106 cm³/mol. The van der Waals surface area contributed by atoms with Gasteiger partial charge in [-0.25, -0.2) is 0 Å². The number of thioether (sulfide) groups is 1. The maximum atomic E-state index is 12.5. The number of hydrogen-bond donors (Lipinski definition) is 1. The molecule has 1 aliphatic rings. The SMILES string of the molecule is CCOc1cc(/C=C2\SC(=S)N(CCC(=O)O)C2=O)ccc1OC(C)C. The van der Waals surface area contributed by atoms with E-state index in [1.54, 1.807) is 6.08 Å². The van der Waals surface area contributed by atoms with Gasteiger partial charge in [0.25, 0.3) is 5.91 Å². The van der Waals surface area contributed by atoms with E-state index in [1.165, 1.54) is 16.7 Å². The fourth-order valence-corrected chi connectivity index (χ4v) is 3.59. The number of thiocarbonyl (C=S) groups is 1. The van der Waals surface area contributed by atoms with Crippen molar-refractivity contribution in [2.75, 3.05) is 13.2 Å². The molecule has 0 radical (unpaired) electrons. The molecule has 1 saturated heterocycles. The quantitative estimate of drug-likeness (QED) is 0.533. The molecule has 6 nitrogen and oxygen atoms in total. The normalized spacial score (nSPS) is 15.8. The van der Waals surface area contributed by atoms with E-state index in [-0.39, 0.29) is 25.0 Å². The summed E-state index contributed by atoms with van der Waals surface area (Å²) in [6.45, 7) is 6.33. The van der Waals surface area contributed by atoms with Crippen LogP contribution >= 0.6 is 24.0 Å². The Morgan fingerprint density at radius 2 is 2.12 bits per heavy atom. The molecule has 0 unspecified atom stereocenters. The van der Waals surface area contributed by atoms with Gasteiger partial charge in [0.1, 0.15) is 4.32 Å². The molecule has 26 heavy (non-hydrogen) atoms. The number of carboxylic acid groups (broad SMARTS) is 1. The van der Waals surface area contributed by atoms with E-state index in [1.807, 2.05) is 39.0 Å². The highest BCUT2D eigenvalue weighted by molar-refractivity contribution is 8.26. The maximum Gasteiger partial charge on any atom is 0.305 e. The first-order valence-corrected chi connectivity index (χ1v) is 9.45. The van der Waals surface area contributed by atoms with Gasteiger partial charge in [0.05, 0.1) is 24.0 Å². The van der Waals surface area contributed by atoms with Crippen LogP contribution in [0.2, 0.25) is 0 Å². The second-order valence-electron chi connectivity index (χ2n) is 5.78. The Morgan fingerprint density at radius 1 is 1.38 bits per heavy atom. The fraction of sp³-hybridized carbons (Fsp3) is 0.389. The number of rotatable bonds is 8. The molecule has 1 aromatic carbocycles. The summed E-state index contributed by atoms with van der Waals surface area (Å²) in [6.07, 6.45) is 1.60. The molecule has 0 spiro atoms. The minimum absolute atomic E-state index is 0.0190. The van der Waals surface area contributed by atoms with Crippen LogP contribution in [0.3, 0.4) is 0 Å². The maximum absolute atomic E-state index is 12.5. The lowest BCUT2D eigenvalue weighted by atomic mass is 10.1. The number of carboxylic acids is 1. The number of carbonyl (C=O) groups excluding carboxylic acids is 1. The van der Waals surface area contributed by atoms with Crippen LogP contribution in [0, 0.1) is 0 Å². The number of benzene rings is 1. The van der Waals surface area contributed by atoms with Crippen molar-refractivity contribution >= 4 is 46.3 Å². The third-order valence-electron chi connectivity index (χ3n) is 3.35. The monoisotopic (exact) mass is 395 g/mol. The zero-order valence-electron chi connectivity index (χ0n) is 14.9. The number of carbonyl (C=O) groups is 2. The highest BCUT2D eigenvalue weighted by Crippen LogP contribution is 2.35. The molecular weight excluding hydrogens is 374 g/mol. The molecule has 1 heterocycles. The minimum atomic E-state index is -0.967. The first kappa shape index (κ1) is 20.3. The van der Waals surface area contributed by atoms with Gasteiger partial charge in [-0.3, -0.25) is 14.5 Å². The van der Waals surface area contributed by atoms with E-state index in [2.05, 4.69) is 0 Å². The molecular formula is C18H21NO5S2. The predicted octanol–water partition coefficient (Wildman–Crippen LogP) is 3.55. The van der Waals surface area contributed by atoms with Crippen molar-refractivity contribution in [2.45, 2.75) is 33.3 Å². The van der Waals surface area contributed by atoms with Gasteiger partial charge in [-0.1, -0.05) is 30.0 Å². The van der Waals surface area contributed by atoms with Gasteiger partial charge in [-0.05, 0) is 44.5 Å². The van der Waals surface area contributed by atoms with Crippen molar-refractivity contribution in [3.63, 3.8) is 0 Å². The number of ether oxygens (including phenoxy) is 2. The molecule has 1 aromatic rings. The van der Waals surface area contributed by atoms with Gasteiger partial charge in [-0.2, -0.15) is 0 Å². The molecule has 0 bridgehead atoms. The average molecular weight is 396 g/mol. The van der Waals surface area contributed by atoms with Crippen LogP contribution in [-0.2, 0) is 9.59 Å². The summed E-state index contributed by atoms with van der Waals surface area (Å²) in [6, 6.07) is 5.46. The van der Waals surface area contributed by atoms with Gasteiger partial charge in [0, 0.05) is 6.54 Å². The smallest absolute Gasteiger partial charge is 0.305 e. The third kappa shape index (κ3) is 5.22. The zero-order valence-corrected chi connectivity index (χ0v) is 16.5. The summed E-state index contributed by atoms with van der Waals surface area (Å²) < 4.78 is 11.7. The van der Waals surface area contributed by atoms with Crippen molar-refractivity contribution in [1.82, 2.24) is 4.90 Å². The topological polar surface area (TPSA) is 76.1 Å². The molecule has 1 aliphatic heterocycles. The van der Waals surface area contributed by atoms with Gasteiger partial charge >= 0.3 is 5.97 Å². The first-order chi connectivity index (χ1) is 12.3. The molecule has 1 amide bonds. The van der Waals surface area contributed by atoms with E-state index in [0.717, 1.165) is 5.56 Å². The Morgan fingerprint density at radius 3 is 2.73 bits per heavy atom. The lowest BCUT2D eigenvalue weighted by molar-refractivity contribution is -0.137. The van der Waals surface area contributed by atoms with E-state index in [4.69, 9.17) is 26.8 Å². The summed E-state index contributed by atoms with van der Waals surface area (Å²) in [4.78, 5) is 25.0. The van der Waals surface area contributed by atoms with Gasteiger partial charge in [0.15, 0.2) is 11.5 Å². The van der Waals surface area contributed by atoms with Crippen LogP contribution in [0.25, 0.3) is 6.08 Å². The van der Waals surface area contributed by atoms with Gasteiger partial charge in [0.2, 0.25) is 0 Å². The van der Waals surface area contributed by atoms with Crippen molar-refractivity contribution in [1.29, 1.82) is 0 Å². The van der Waals surface area contributed by atoms with Crippen LogP contribution in [0.5, 0.6) is 11.5 Å². The van der Waals surface area contributed by atoms with Crippen LogP contribution in [0.1, 0.15) is 32.8 Å². The summed E-state index contributed by atoms with van der Waals surface area (Å²) in [7, 11) is 0. The Labute approximate surface area is 162 Å². The molecule has 0 saturated carbocycles. The number of aliphatic carboxylic acids is 1. The van der Waals surface area contributed by atoms with E-state index < -0.39 is 5.97 Å². The Hall–Kier alpha value is -2.06. The van der Waals surface area contributed by atoms with Crippen LogP contribution in [0.4, 0.5) is 0 Å². The molecule has 8 heteroatoms. The van der Waals surface area contributed by atoms with Crippen LogP contribution in [0.15, 0.2) is 23.1 Å². The highest BCUT2D eigenvalue weighted by atomic mass is 32.2. The molecule has 0 aliphatic carbocycles. The third-order valence-corrected chi connectivity index (χ3v) is 4.73. The largest absolute Gasteiger partial charge is 0.490 e. The van der Waals surface area contributed by atoms with Crippen molar-refractivity contribution in [3.05, 3.63) is 28.7 Å². The van der Waals surface area contributed by atoms with Crippen molar-refractivity contribution in [3.8, 4) is 11.5 Å². The van der Waals surface area contributed by atoms with E-state index in [9.17, 15) is 9.59 Å². The molecule has 2 rings (SSSR count). The summed E-state index contributed by atoms with van der Waals surface area (Å²) >= 11 is 6.35. The molecule has 1 N–H and O–H groups in total. The van der Waals surface area contributed by atoms with Gasteiger partial charge in [-0.15, -0.1) is 0 Å². The van der Waals surface area contributed by atoms with E-state index in [0.29, 0.717) is 27.3 Å². The molecule has 1 fully saturated rings. The summed E-state index contributed by atoms with van der Waals surface area (Å²) in [5, 5.41) is 8.79. The van der Waals surface area contributed by atoms with E-state index >= 15 is 0 Å². The zero-order chi connectivity index (χ0) is 19.3. The molecule has 0 atom stereocenters. The van der Waals surface area contributed by atoms with Crippen LogP contribution in [-0.4, -0.2) is 45.5 Å². The average Bonchev–Trinajstić information content (AvgIpc) is 2.81. The summed E-state index contributed by atoms with van der Waals surface area (Å²) in [5.41, 5.74) is 0.781. The number of amides is 1. The van der Waals surface area contributed by atoms with Crippen molar-refractivity contribution in [2.24, 2.45) is 0 Å². The van der Waals surface area contributed by atoms with Crippen molar-refractivity contribution < 1.29 is 24.2 Å². The summed E-state index contributed by atoms with van der Waals surface area (Å²) in [5.74, 6) is 0.0103. The number of nitrogens with zero attached hydrogens (tertiary/aromatic N) is 1. The lowest BCUT2D eigenvalue weighted by Gasteiger charge is -2.15. The molecule has 0 aromatic heterocycles. The number of hydrogen-bond acceptors (Lipinski definition) is 6. The van der Waals surface area contributed by atoms with Crippen LogP contribution < -0.4 is 9.47 Å². The standard InChI is InChI=1S/C18H21NO5S2/c1-4-23-14-9-12(5-6-13(14)24-11(2)3)10-15-17(22)19(18(25)26-15)8-7-16(20)21/h5-6,9-11H,4,7-8H2,1-3H3,(H,20,21)/b15-10-. The Kier molecular flexibility index (Phi) is 7.05. The second kappa shape index (κ2) is 9.05. The second-order valence-corrected chi connectivity index (χ2v) is 7.46. The Bertz CT molecular complexity index is 745. The Balaban J connectivity index is 2.23. The van der Waals surface area contributed by atoms with Gasteiger partial charge < -0.3 is 14.6 Å². The highest BCUT2D eigenvalue weighted by Gasteiger charge is 2.32. The first-order valence-electron chi connectivity index (χ1n) is 8.22. The fourth-order valence-electron chi connectivity index (χ4n) is 2.29. The minimum Gasteiger partial charge on any atom is -0.490 e.